The fourth-order valence-corrected chi connectivity index (χ4v) is 1.72. The quantitative estimate of drug-likeness (QED) is 0.359. The molecule has 0 saturated heterocycles. The molecular formula is C10H9NaO4S. The van der Waals surface area contributed by atoms with E-state index in [0.717, 1.165) is 0 Å². The fraction of sp³-hybridized carbons (Fsp3) is 0.100. The van der Waals surface area contributed by atoms with Crippen LogP contribution in [0.15, 0.2) is 35.2 Å². The Morgan fingerprint density at radius 1 is 1.31 bits per heavy atom. The maximum Gasteiger partial charge on any atom is 1.00 e. The molecule has 0 heterocycles. The molecule has 1 rings (SSSR count). The molecule has 0 aliphatic rings. The van der Waals surface area contributed by atoms with Gasteiger partial charge in [0.2, 0.25) is 0 Å². The van der Waals surface area contributed by atoms with Crippen LogP contribution in [0, 0.1) is 0 Å². The van der Waals surface area contributed by atoms with E-state index in [-0.39, 0.29) is 45.8 Å². The standard InChI is InChI=1S/C10H10O4S.Na/c1-8(11)6-7-9-4-2-3-5-10(9)15(12,13)14;/h2-7H,1H3,(H,12,13,14);/q;+1/p-1/b7-6+;. The van der Waals surface area contributed by atoms with Crippen LogP contribution in [-0.4, -0.2) is 18.8 Å². The third kappa shape index (κ3) is 4.59. The van der Waals surface area contributed by atoms with Crippen LogP contribution in [0.1, 0.15) is 12.5 Å². The molecule has 80 valence electrons. The molecule has 0 N–H and O–H groups in total. The third-order valence-electron chi connectivity index (χ3n) is 1.69. The Morgan fingerprint density at radius 2 is 1.88 bits per heavy atom. The van der Waals surface area contributed by atoms with Gasteiger partial charge in [0.25, 0.3) is 0 Å². The average Bonchev–Trinajstić information content (AvgIpc) is 2.13. The van der Waals surface area contributed by atoms with Crippen molar-refractivity contribution in [2.45, 2.75) is 11.8 Å². The molecule has 0 bridgehead atoms. The summed E-state index contributed by atoms with van der Waals surface area (Å²) in [6, 6.07) is 5.72. The summed E-state index contributed by atoms with van der Waals surface area (Å²) >= 11 is 0. The summed E-state index contributed by atoms with van der Waals surface area (Å²) < 4.78 is 32.5. The largest absolute Gasteiger partial charge is 1.00 e. The minimum Gasteiger partial charge on any atom is -0.744 e. The van der Waals surface area contributed by atoms with Crippen molar-refractivity contribution in [1.82, 2.24) is 0 Å². The van der Waals surface area contributed by atoms with E-state index in [1.54, 1.807) is 6.07 Å². The molecule has 0 fully saturated rings. The van der Waals surface area contributed by atoms with Gasteiger partial charge in [-0.15, -0.1) is 0 Å². The second-order valence-electron chi connectivity index (χ2n) is 2.94. The van der Waals surface area contributed by atoms with Gasteiger partial charge in [0, 0.05) is 0 Å². The number of hydrogen-bond acceptors (Lipinski definition) is 4. The Morgan fingerprint density at radius 3 is 2.38 bits per heavy atom. The van der Waals surface area contributed by atoms with Crippen molar-refractivity contribution in [2.75, 3.05) is 0 Å². The first-order valence-electron chi connectivity index (χ1n) is 4.15. The maximum absolute atomic E-state index is 10.8. The molecule has 0 unspecified atom stereocenters. The van der Waals surface area contributed by atoms with Crippen LogP contribution in [0.25, 0.3) is 6.08 Å². The molecule has 16 heavy (non-hydrogen) atoms. The summed E-state index contributed by atoms with van der Waals surface area (Å²) in [5.41, 5.74) is 0.225. The SMILES string of the molecule is CC(=O)/C=C/c1ccccc1S(=O)(=O)[O-].[Na+]. The van der Waals surface area contributed by atoms with E-state index in [4.69, 9.17) is 0 Å². The molecule has 6 heteroatoms. The van der Waals surface area contributed by atoms with Gasteiger partial charge in [-0.2, -0.15) is 0 Å². The first-order valence-corrected chi connectivity index (χ1v) is 5.55. The van der Waals surface area contributed by atoms with Crippen LogP contribution in [0.2, 0.25) is 0 Å². The molecule has 1 aromatic carbocycles. The van der Waals surface area contributed by atoms with E-state index < -0.39 is 10.1 Å². The number of allylic oxidation sites excluding steroid dienone is 1. The predicted molar refractivity (Wildman–Crippen MR) is 54.1 cm³/mol. The molecule has 1 aromatic rings. The van der Waals surface area contributed by atoms with Crippen LogP contribution < -0.4 is 29.6 Å². The molecule has 0 amide bonds. The summed E-state index contributed by atoms with van der Waals surface area (Å²) in [6.07, 6.45) is 2.52. The normalized spacial score (nSPS) is 11.1. The van der Waals surface area contributed by atoms with Crippen molar-refractivity contribution in [3.05, 3.63) is 35.9 Å². The summed E-state index contributed by atoms with van der Waals surface area (Å²) in [7, 11) is -4.49. The molecule has 0 radical (unpaired) electrons. The van der Waals surface area contributed by atoms with Gasteiger partial charge in [-0.1, -0.05) is 24.3 Å². The Kier molecular flexibility index (Phi) is 6.14. The molecule has 0 saturated carbocycles. The number of rotatable bonds is 3. The molecule has 0 spiro atoms. The van der Waals surface area contributed by atoms with E-state index in [0.29, 0.717) is 0 Å². The van der Waals surface area contributed by atoms with Crippen molar-refractivity contribution in [1.29, 1.82) is 0 Å². The van der Waals surface area contributed by atoms with Crippen LogP contribution in [0.3, 0.4) is 0 Å². The summed E-state index contributed by atoms with van der Waals surface area (Å²) in [5.74, 6) is -0.215. The first-order chi connectivity index (χ1) is 6.91. The van der Waals surface area contributed by atoms with E-state index >= 15 is 0 Å². The van der Waals surface area contributed by atoms with Crippen molar-refractivity contribution in [2.24, 2.45) is 0 Å². The Balaban J connectivity index is 0.00000225. The number of ketones is 1. The number of benzene rings is 1. The summed E-state index contributed by atoms with van der Waals surface area (Å²) in [4.78, 5) is 10.3. The monoisotopic (exact) mass is 248 g/mol. The van der Waals surface area contributed by atoms with Crippen LogP contribution >= 0.6 is 0 Å². The predicted octanol–water partition coefficient (Wildman–Crippen LogP) is -1.80. The first kappa shape index (κ1) is 15.5. The molecule has 0 atom stereocenters. The zero-order valence-corrected chi connectivity index (χ0v) is 11.8. The zero-order valence-electron chi connectivity index (χ0n) is 9.01. The smallest absolute Gasteiger partial charge is 0.744 e. The van der Waals surface area contributed by atoms with Crippen LogP contribution in [-0.2, 0) is 14.9 Å². The second kappa shape index (κ2) is 6.32. The second-order valence-corrected chi connectivity index (χ2v) is 4.28. The van der Waals surface area contributed by atoms with Gasteiger partial charge in [-0.3, -0.25) is 4.79 Å². The van der Waals surface area contributed by atoms with E-state index in [1.807, 2.05) is 0 Å². The molecule has 4 nitrogen and oxygen atoms in total. The number of carbonyl (C=O) groups is 1. The van der Waals surface area contributed by atoms with Crippen molar-refractivity contribution in [3.8, 4) is 0 Å². The Labute approximate surface area is 116 Å². The number of carbonyl (C=O) groups excluding carboxylic acids is 1. The molecule has 0 aliphatic carbocycles. The fourth-order valence-electron chi connectivity index (χ4n) is 1.05. The van der Waals surface area contributed by atoms with Gasteiger partial charge in [0.1, 0.15) is 10.1 Å². The summed E-state index contributed by atoms with van der Waals surface area (Å²) in [5, 5.41) is 0. The zero-order chi connectivity index (χ0) is 11.5. The molecular weight excluding hydrogens is 239 g/mol. The van der Waals surface area contributed by atoms with Gasteiger partial charge in [0.15, 0.2) is 5.78 Å². The van der Waals surface area contributed by atoms with Gasteiger partial charge >= 0.3 is 29.6 Å². The van der Waals surface area contributed by atoms with Gasteiger partial charge < -0.3 is 4.55 Å². The van der Waals surface area contributed by atoms with Crippen molar-refractivity contribution >= 4 is 22.0 Å². The minimum atomic E-state index is -4.49. The topological polar surface area (TPSA) is 74.3 Å². The summed E-state index contributed by atoms with van der Waals surface area (Å²) in [6.45, 7) is 1.34. The van der Waals surface area contributed by atoms with E-state index in [2.05, 4.69) is 0 Å². The van der Waals surface area contributed by atoms with Gasteiger partial charge in [-0.05, 0) is 24.6 Å². The van der Waals surface area contributed by atoms with Crippen LogP contribution in [0.5, 0.6) is 0 Å². The van der Waals surface area contributed by atoms with E-state index in [9.17, 15) is 17.8 Å². The minimum absolute atomic E-state index is 0. The van der Waals surface area contributed by atoms with E-state index in [1.165, 1.54) is 37.3 Å². The van der Waals surface area contributed by atoms with Crippen molar-refractivity contribution < 1.29 is 47.3 Å². The third-order valence-corrected chi connectivity index (χ3v) is 2.60. The maximum atomic E-state index is 10.8. The van der Waals surface area contributed by atoms with Crippen LogP contribution in [0.4, 0.5) is 0 Å². The Hall–Kier alpha value is -0.460. The average molecular weight is 248 g/mol. The Bertz CT molecular complexity index is 505. The van der Waals surface area contributed by atoms with Crippen molar-refractivity contribution in [3.63, 3.8) is 0 Å². The van der Waals surface area contributed by atoms with Gasteiger partial charge in [0.05, 0.1) is 4.90 Å². The molecule has 0 aromatic heterocycles. The molecule has 0 aliphatic heterocycles. The van der Waals surface area contributed by atoms with Gasteiger partial charge in [-0.25, -0.2) is 8.42 Å². The number of hydrogen-bond donors (Lipinski definition) is 0.